The van der Waals surface area contributed by atoms with E-state index < -0.39 is 0 Å². The Morgan fingerprint density at radius 1 is 1.16 bits per heavy atom. The van der Waals surface area contributed by atoms with Gasteiger partial charge in [-0.1, -0.05) is 6.07 Å². The van der Waals surface area contributed by atoms with Crippen LogP contribution in [0.15, 0.2) is 35.7 Å². The largest absolute Gasteiger partial charge is 0.450 e. The standard InChI is InChI=1S/C23H25N3O5S/c1-3-31-23(30)25-10-8-16(9-11-25)26-21(28)17-7-6-15(13-18(17)22(26)29)20(27)24-14(2)19-5-4-12-32-19/h4-7,12-14,16H,3,8-11H2,1-2H3,(H,24,27)/t14-/m0/s1. The van der Waals surface area contributed by atoms with E-state index in [9.17, 15) is 19.2 Å². The summed E-state index contributed by atoms with van der Waals surface area (Å²) in [5, 5.41) is 4.88. The molecule has 0 saturated carbocycles. The zero-order valence-electron chi connectivity index (χ0n) is 18.0. The molecule has 2 aromatic rings. The van der Waals surface area contributed by atoms with E-state index in [1.54, 1.807) is 35.3 Å². The van der Waals surface area contributed by atoms with E-state index in [1.165, 1.54) is 11.0 Å². The Hall–Kier alpha value is -3.20. The van der Waals surface area contributed by atoms with Crippen LogP contribution in [0.4, 0.5) is 4.79 Å². The maximum Gasteiger partial charge on any atom is 0.409 e. The number of imide groups is 1. The first-order chi connectivity index (χ1) is 15.4. The molecule has 0 aliphatic carbocycles. The number of thiophene rings is 1. The van der Waals surface area contributed by atoms with Crippen molar-refractivity contribution in [2.45, 2.75) is 38.8 Å². The number of hydrogen-bond donors (Lipinski definition) is 1. The summed E-state index contributed by atoms with van der Waals surface area (Å²) in [6.07, 6.45) is 0.618. The molecule has 2 aliphatic rings. The van der Waals surface area contributed by atoms with Crippen LogP contribution in [0.1, 0.15) is 68.7 Å². The SMILES string of the molecule is CCOC(=O)N1CCC(N2C(=O)c3ccc(C(=O)N[C@@H](C)c4cccs4)cc3C2=O)CC1. The van der Waals surface area contributed by atoms with E-state index in [2.05, 4.69) is 5.32 Å². The van der Waals surface area contributed by atoms with Crippen LogP contribution in [0.3, 0.4) is 0 Å². The Morgan fingerprint density at radius 3 is 2.53 bits per heavy atom. The fraction of sp³-hybridized carbons (Fsp3) is 0.391. The van der Waals surface area contributed by atoms with Gasteiger partial charge in [0, 0.05) is 29.6 Å². The van der Waals surface area contributed by atoms with Crippen molar-refractivity contribution in [3.05, 3.63) is 57.3 Å². The Bertz CT molecular complexity index is 1040. The number of carbonyl (C=O) groups excluding carboxylic acids is 4. The number of ether oxygens (including phenoxy) is 1. The number of nitrogens with zero attached hydrogens (tertiary/aromatic N) is 2. The fourth-order valence-electron chi connectivity index (χ4n) is 4.14. The monoisotopic (exact) mass is 455 g/mol. The van der Waals surface area contributed by atoms with Crippen LogP contribution in [-0.4, -0.2) is 59.4 Å². The lowest BCUT2D eigenvalue weighted by molar-refractivity contribution is 0.0485. The normalized spacial score (nSPS) is 17.3. The molecule has 4 amide bonds. The summed E-state index contributed by atoms with van der Waals surface area (Å²) >= 11 is 1.56. The summed E-state index contributed by atoms with van der Waals surface area (Å²) < 4.78 is 5.02. The quantitative estimate of drug-likeness (QED) is 0.697. The second-order valence-electron chi connectivity index (χ2n) is 7.87. The Labute approximate surface area is 190 Å². The van der Waals surface area contributed by atoms with Gasteiger partial charge >= 0.3 is 6.09 Å². The fourth-order valence-corrected chi connectivity index (χ4v) is 4.88. The van der Waals surface area contributed by atoms with Gasteiger partial charge in [0.1, 0.15) is 0 Å². The molecule has 32 heavy (non-hydrogen) atoms. The van der Waals surface area contributed by atoms with Crippen molar-refractivity contribution in [2.24, 2.45) is 0 Å². The zero-order valence-corrected chi connectivity index (χ0v) is 18.8. The molecule has 1 saturated heterocycles. The number of nitrogens with one attached hydrogen (secondary N) is 1. The molecule has 1 aromatic heterocycles. The molecule has 0 unspecified atom stereocenters. The molecule has 8 nitrogen and oxygen atoms in total. The lowest BCUT2D eigenvalue weighted by atomic mass is 10.0. The van der Waals surface area contributed by atoms with Crippen LogP contribution >= 0.6 is 11.3 Å². The first kappa shape index (κ1) is 22.0. The summed E-state index contributed by atoms with van der Waals surface area (Å²) in [6.45, 7) is 4.80. The van der Waals surface area contributed by atoms with E-state index in [-0.39, 0.29) is 41.5 Å². The van der Waals surface area contributed by atoms with Gasteiger partial charge in [0.25, 0.3) is 17.7 Å². The summed E-state index contributed by atoms with van der Waals surface area (Å²) in [6, 6.07) is 8.05. The highest BCUT2D eigenvalue weighted by Crippen LogP contribution is 2.30. The van der Waals surface area contributed by atoms with Crippen LogP contribution in [0, 0.1) is 0 Å². The molecule has 1 aromatic carbocycles. The molecular formula is C23H25N3O5S. The number of rotatable bonds is 5. The van der Waals surface area contributed by atoms with Gasteiger partial charge in [0.15, 0.2) is 0 Å². The maximum absolute atomic E-state index is 13.1. The number of hydrogen-bond acceptors (Lipinski definition) is 6. The average Bonchev–Trinajstić information content (AvgIpc) is 3.41. The van der Waals surface area contributed by atoms with Gasteiger partial charge in [-0.2, -0.15) is 0 Å². The third-order valence-electron chi connectivity index (χ3n) is 5.85. The lowest BCUT2D eigenvalue weighted by Gasteiger charge is -2.35. The molecule has 4 rings (SSSR count). The molecule has 1 N–H and O–H groups in total. The van der Waals surface area contributed by atoms with Crippen LogP contribution < -0.4 is 5.32 Å². The summed E-state index contributed by atoms with van der Waals surface area (Å²) in [7, 11) is 0. The van der Waals surface area contributed by atoms with Crippen LogP contribution in [-0.2, 0) is 4.74 Å². The predicted octanol–water partition coefficient (Wildman–Crippen LogP) is 3.46. The van der Waals surface area contributed by atoms with Crippen molar-refractivity contribution in [1.29, 1.82) is 0 Å². The average molecular weight is 456 g/mol. The van der Waals surface area contributed by atoms with Crippen molar-refractivity contribution >= 4 is 35.2 Å². The second-order valence-corrected chi connectivity index (χ2v) is 8.85. The minimum atomic E-state index is -0.388. The molecular weight excluding hydrogens is 430 g/mol. The predicted molar refractivity (Wildman–Crippen MR) is 119 cm³/mol. The maximum atomic E-state index is 13.1. The number of piperidine rings is 1. The molecule has 0 radical (unpaired) electrons. The first-order valence-electron chi connectivity index (χ1n) is 10.7. The van der Waals surface area contributed by atoms with Crippen molar-refractivity contribution in [3.63, 3.8) is 0 Å². The van der Waals surface area contributed by atoms with Crippen molar-refractivity contribution in [2.75, 3.05) is 19.7 Å². The van der Waals surface area contributed by atoms with Gasteiger partial charge in [-0.25, -0.2) is 4.79 Å². The molecule has 2 aliphatic heterocycles. The van der Waals surface area contributed by atoms with Gasteiger partial charge in [-0.05, 0) is 56.3 Å². The smallest absolute Gasteiger partial charge is 0.409 e. The topological polar surface area (TPSA) is 96.0 Å². The highest BCUT2D eigenvalue weighted by Gasteiger charge is 2.41. The van der Waals surface area contributed by atoms with E-state index in [0.717, 1.165) is 4.88 Å². The van der Waals surface area contributed by atoms with Crippen LogP contribution in [0.25, 0.3) is 0 Å². The second kappa shape index (κ2) is 9.12. The van der Waals surface area contributed by atoms with Gasteiger partial charge in [-0.3, -0.25) is 19.3 Å². The van der Waals surface area contributed by atoms with Crippen molar-refractivity contribution in [3.8, 4) is 0 Å². The highest BCUT2D eigenvalue weighted by atomic mass is 32.1. The van der Waals surface area contributed by atoms with E-state index >= 15 is 0 Å². The van der Waals surface area contributed by atoms with Crippen LogP contribution in [0.5, 0.6) is 0 Å². The van der Waals surface area contributed by atoms with Crippen molar-refractivity contribution in [1.82, 2.24) is 15.1 Å². The van der Waals surface area contributed by atoms with Crippen molar-refractivity contribution < 1.29 is 23.9 Å². The summed E-state index contributed by atoms with van der Waals surface area (Å²) in [4.78, 5) is 54.5. The molecule has 0 spiro atoms. The molecule has 0 bridgehead atoms. The highest BCUT2D eigenvalue weighted by molar-refractivity contribution is 7.10. The minimum absolute atomic E-state index is 0.158. The number of likely N-dealkylation sites (tertiary alicyclic amines) is 1. The van der Waals surface area contributed by atoms with E-state index in [1.807, 2.05) is 24.4 Å². The van der Waals surface area contributed by atoms with Crippen LogP contribution in [0.2, 0.25) is 0 Å². The number of fused-ring (bicyclic) bond motifs is 1. The molecule has 168 valence electrons. The molecule has 3 heterocycles. The van der Waals surface area contributed by atoms with E-state index in [4.69, 9.17) is 4.74 Å². The Balaban J connectivity index is 1.45. The third kappa shape index (κ3) is 4.12. The Morgan fingerprint density at radius 2 is 1.88 bits per heavy atom. The number of amides is 4. The first-order valence-corrected chi connectivity index (χ1v) is 11.6. The zero-order chi connectivity index (χ0) is 22.8. The number of carbonyl (C=O) groups is 4. The van der Waals surface area contributed by atoms with Gasteiger partial charge in [-0.15, -0.1) is 11.3 Å². The molecule has 1 atom stereocenters. The molecule has 1 fully saturated rings. The third-order valence-corrected chi connectivity index (χ3v) is 6.91. The Kier molecular flexibility index (Phi) is 6.27. The van der Waals surface area contributed by atoms with Gasteiger partial charge in [0.05, 0.1) is 23.8 Å². The summed E-state index contributed by atoms with van der Waals surface area (Å²) in [5.74, 6) is -1.03. The summed E-state index contributed by atoms with van der Waals surface area (Å²) in [5.41, 5.74) is 0.900. The minimum Gasteiger partial charge on any atom is -0.450 e. The lowest BCUT2D eigenvalue weighted by Crippen LogP contribution is -2.48. The molecule has 9 heteroatoms. The van der Waals surface area contributed by atoms with E-state index in [0.29, 0.717) is 43.7 Å². The van der Waals surface area contributed by atoms with Gasteiger partial charge < -0.3 is 15.0 Å². The number of benzene rings is 1. The van der Waals surface area contributed by atoms with Gasteiger partial charge in [0.2, 0.25) is 0 Å².